The van der Waals surface area contributed by atoms with E-state index in [9.17, 15) is 4.79 Å². The van der Waals surface area contributed by atoms with Gasteiger partial charge in [0, 0.05) is 13.1 Å². The number of hydrogen-bond acceptors (Lipinski definition) is 2. The van der Waals surface area contributed by atoms with Crippen molar-refractivity contribution in [3.63, 3.8) is 0 Å². The van der Waals surface area contributed by atoms with Crippen LogP contribution in [0.1, 0.15) is 31.2 Å². The Morgan fingerprint density at radius 3 is 2.75 bits per heavy atom. The van der Waals surface area contributed by atoms with E-state index in [1.807, 2.05) is 38.2 Å². The topological polar surface area (TPSA) is 41.6 Å². The van der Waals surface area contributed by atoms with Crippen molar-refractivity contribution < 1.29 is 9.53 Å². The summed E-state index contributed by atoms with van der Waals surface area (Å²) in [6, 6.07) is 8.29. The number of likely N-dealkylation sites (N-methyl/N-ethyl adjacent to an activating group) is 1. The molecule has 1 aliphatic rings. The van der Waals surface area contributed by atoms with E-state index in [4.69, 9.17) is 4.74 Å². The average molecular weight is 276 g/mol. The molecular weight excluding hydrogens is 252 g/mol. The maximum atomic E-state index is 12.0. The highest BCUT2D eigenvalue weighted by atomic mass is 16.5. The summed E-state index contributed by atoms with van der Waals surface area (Å²) in [5, 5.41) is 3.07. The Bertz CT molecular complexity index is 442. The van der Waals surface area contributed by atoms with Gasteiger partial charge in [0.1, 0.15) is 12.4 Å². The van der Waals surface area contributed by atoms with Crippen LogP contribution in [0.2, 0.25) is 0 Å². The van der Waals surface area contributed by atoms with Crippen LogP contribution in [0.4, 0.5) is 4.79 Å². The number of amides is 2. The van der Waals surface area contributed by atoms with Crippen LogP contribution in [0.15, 0.2) is 24.3 Å². The fraction of sp³-hybridized carbons (Fsp3) is 0.562. The zero-order valence-electron chi connectivity index (χ0n) is 12.4. The maximum Gasteiger partial charge on any atom is 0.317 e. The van der Waals surface area contributed by atoms with E-state index in [1.165, 1.54) is 12.8 Å². The van der Waals surface area contributed by atoms with Gasteiger partial charge in [0.05, 0.1) is 6.54 Å². The summed E-state index contributed by atoms with van der Waals surface area (Å²) in [4.78, 5) is 13.7. The summed E-state index contributed by atoms with van der Waals surface area (Å²) in [5.74, 6) is 0.886. The second kappa shape index (κ2) is 7.17. The van der Waals surface area contributed by atoms with Gasteiger partial charge in [0.2, 0.25) is 0 Å². The van der Waals surface area contributed by atoms with Crippen LogP contribution in [-0.2, 0) is 0 Å². The molecule has 0 aliphatic heterocycles. The molecule has 1 aromatic rings. The molecule has 0 bridgehead atoms. The molecule has 110 valence electrons. The number of nitrogens with zero attached hydrogens (tertiary/aromatic N) is 1. The molecule has 1 saturated carbocycles. The molecule has 4 heteroatoms. The minimum Gasteiger partial charge on any atom is -0.491 e. The first-order chi connectivity index (χ1) is 9.66. The fourth-order valence-corrected chi connectivity index (χ4v) is 2.47. The molecule has 0 aromatic heterocycles. The number of rotatable bonds is 5. The lowest BCUT2D eigenvalue weighted by molar-refractivity contribution is 0.191. The van der Waals surface area contributed by atoms with E-state index < -0.39 is 0 Å². The van der Waals surface area contributed by atoms with Gasteiger partial charge in [-0.3, -0.25) is 0 Å². The molecule has 0 radical (unpaired) electrons. The van der Waals surface area contributed by atoms with E-state index in [2.05, 4.69) is 5.32 Å². The number of urea groups is 1. The highest BCUT2D eigenvalue weighted by Gasteiger charge is 2.18. The van der Waals surface area contributed by atoms with Gasteiger partial charge in [-0.15, -0.1) is 0 Å². The van der Waals surface area contributed by atoms with E-state index in [0.29, 0.717) is 19.2 Å². The number of ether oxygens (including phenoxy) is 1. The quantitative estimate of drug-likeness (QED) is 0.898. The number of aryl methyl sites for hydroxylation is 1. The lowest BCUT2D eigenvalue weighted by Crippen LogP contribution is -2.43. The average Bonchev–Trinajstić information content (AvgIpc) is 2.93. The molecular formula is C16H24N2O2. The van der Waals surface area contributed by atoms with Crippen LogP contribution in [-0.4, -0.2) is 37.2 Å². The molecule has 1 N–H and O–H groups in total. The van der Waals surface area contributed by atoms with Crippen LogP contribution in [0.25, 0.3) is 0 Å². The maximum absolute atomic E-state index is 12.0. The second-order valence-corrected chi connectivity index (χ2v) is 5.47. The summed E-state index contributed by atoms with van der Waals surface area (Å²) in [7, 11) is 1.81. The Labute approximate surface area is 121 Å². The number of benzene rings is 1. The fourth-order valence-electron chi connectivity index (χ4n) is 2.47. The molecule has 0 heterocycles. The summed E-state index contributed by atoms with van der Waals surface area (Å²) < 4.78 is 5.71. The number of nitrogens with one attached hydrogen (secondary N) is 1. The van der Waals surface area contributed by atoms with Crippen LogP contribution in [0.3, 0.4) is 0 Å². The van der Waals surface area contributed by atoms with Gasteiger partial charge in [-0.25, -0.2) is 4.79 Å². The molecule has 2 rings (SSSR count). The van der Waals surface area contributed by atoms with Crippen molar-refractivity contribution in [1.29, 1.82) is 0 Å². The summed E-state index contributed by atoms with van der Waals surface area (Å²) in [6.07, 6.45) is 4.68. The van der Waals surface area contributed by atoms with Gasteiger partial charge < -0.3 is 15.0 Å². The van der Waals surface area contributed by atoms with Gasteiger partial charge >= 0.3 is 6.03 Å². The molecule has 0 saturated heterocycles. The van der Waals surface area contributed by atoms with Crippen LogP contribution in [0, 0.1) is 6.92 Å². The van der Waals surface area contributed by atoms with Gasteiger partial charge in [-0.1, -0.05) is 31.0 Å². The molecule has 4 nitrogen and oxygen atoms in total. The predicted octanol–water partition coefficient (Wildman–Crippen LogP) is 2.96. The third kappa shape index (κ3) is 4.15. The van der Waals surface area contributed by atoms with Gasteiger partial charge in [0.15, 0.2) is 0 Å². The molecule has 2 amide bonds. The number of carbonyl (C=O) groups is 1. The highest BCUT2D eigenvalue weighted by Crippen LogP contribution is 2.18. The molecule has 0 spiro atoms. The Hall–Kier alpha value is -1.71. The van der Waals surface area contributed by atoms with Gasteiger partial charge in [-0.05, 0) is 31.4 Å². The first-order valence-electron chi connectivity index (χ1n) is 7.37. The van der Waals surface area contributed by atoms with Crippen molar-refractivity contribution >= 4 is 6.03 Å². The standard InChI is InChI=1S/C16H24N2O2/c1-13-7-3-6-10-15(13)20-12-11-18(2)16(19)17-14-8-4-5-9-14/h3,6-7,10,14H,4-5,8-9,11-12H2,1-2H3,(H,17,19). The third-order valence-electron chi connectivity index (χ3n) is 3.81. The molecule has 0 atom stereocenters. The molecule has 20 heavy (non-hydrogen) atoms. The van der Waals surface area contributed by atoms with Crippen LogP contribution >= 0.6 is 0 Å². The van der Waals surface area contributed by atoms with Crippen molar-refractivity contribution in [2.75, 3.05) is 20.2 Å². The largest absolute Gasteiger partial charge is 0.491 e. The number of para-hydroxylation sites is 1. The van der Waals surface area contributed by atoms with Crippen molar-refractivity contribution in [3.8, 4) is 5.75 Å². The van der Waals surface area contributed by atoms with Crippen molar-refractivity contribution in [2.24, 2.45) is 0 Å². The Balaban J connectivity index is 1.70. The zero-order chi connectivity index (χ0) is 14.4. The van der Waals surface area contributed by atoms with Gasteiger partial charge in [0.25, 0.3) is 0 Å². The molecule has 0 unspecified atom stereocenters. The summed E-state index contributed by atoms with van der Waals surface area (Å²) in [5.41, 5.74) is 1.12. The zero-order valence-corrected chi connectivity index (χ0v) is 12.4. The monoisotopic (exact) mass is 276 g/mol. The lowest BCUT2D eigenvalue weighted by Gasteiger charge is -2.21. The second-order valence-electron chi connectivity index (χ2n) is 5.47. The first-order valence-corrected chi connectivity index (χ1v) is 7.37. The van der Waals surface area contributed by atoms with Crippen molar-refractivity contribution in [1.82, 2.24) is 10.2 Å². The Kier molecular flexibility index (Phi) is 5.27. The summed E-state index contributed by atoms with van der Waals surface area (Å²) >= 11 is 0. The normalized spacial score (nSPS) is 15.1. The molecule has 1 fully saturated rings. The van der Waals surface area contributed by atoms with E-state index in [0.717, 1.165) is 24.2 Å². The van der Waals surface area contributed by atoms with Crippen LogP contribution < -0.4 is 10.1 Å². The van der Waals surface area contributed by atoms with Gasteiger partial charge in [-0.2, -0.15) is 0 Å². The third-order valence-corrected chi connectivity index (χ3v) is 3.81. The molecule has 1 aromatic carbocycles. The van der Waals surface area contributed by atoms with E-state index in [1.54, 1.807) is 4.90 Å². The van der Waals surface area contributed by atoms with Crippen LogP contribution in [0.5, 0.6) is 5.75 Å². The number of carbonyl (C=O) groups excluding carboxylic acids is 1. The minimum absolute atomic E-state index is 0.00489. The highest BCUT2D eigenvalue weighted by molar-refractivity contribution is 5.74. The lowest BCUT2D eigenvalue weighted by atomic mass is 10.2. The number of hydrogen-bond donors (Lipinski definition) is 1. The smallest absolute Gasteiger partial charge is 0.317 e. The minimum atomic E-state index is 0.00489. The van der Waals surface area contributed by atoms with Crippen molar-refractivity contribution in [2.45, 2.75) is 38.6 Å². The summed E-state index contributed by atoms with van der Waals surface area (Å²) in [6.45, 7) is 3.12. The van der Waals surface area contributed by atoms with E-state index in [-0.39, 0.29) is 6.03 Å². The SMILES string of the molecule is Cc1ccccc1OCCN(C)C(=O)NC1CCCC1. The van der Waals surface area contributed by atoms with Crippen molar-refractivity contribution in [3.05, 3.63) is 29.8 Å². The molecule has 1 aliphatic carbocycles. The Morgan fingerprint density at radius 1 is 1.35 bits per heavy atom. The predicted molar refractivity (Wildman–Crippen MR) is 80.1 cm³/mol. The Morgan fingerprint density at radius 2 is 2.05 bits per heavy atom. The van der Waals surface area contributed by atoms with E-state index >= 15 is 0 Å². The first kappa shape index (κ1) is 14.7.